The van der Waals surface area contributed by atoms with Crippen molar-refractivity contribution in [2.75, 3.05) is 13.1 Å². The molecule has 1 aromatic rings. The van der Waals surface area contributed by atoms with Crippen molar-refractivity contribution < 1.29 is 18.3 Å². The zero-order valence-electron chi connectivity index (χ0n) is 11.0. The number of aromatic nitrogens is 1. The van der Waals surface area contributed by atoms with E-state index in [0.29, 0.717) is 13.0 Å². The van der Waals surface area contributed by atoms with Crippen LogP contribution in [0.1, 0.15) is 36.8 Å². The molecule has 0 aliphatic carbocycles. The maximum Gasteiger partial charge on any atom is 0.416 e. The smallest absolute Gasteiger partial charge is 0.383 e. The summed E-state index contributed by atoms with van der Waals surface area (Å²) < 4.78 is 39.4. The summed E-state index contributed by atoms with van der Waals surface area (Å²) in [7, 11) is 0. The molecule has 0 saturated carbocycles. The average Bonchev–Trinajstić information content (AvgIpc) is 2.77. The Kier molecular flexibility index (Phi) is 3.25. The lowest BCUT2D eigenvalue weighted by Crippen LogP contribution is -2.46. The van der Waals surface area contributed by atoms with Crippen molar-refractivity contribution in [1.82, 2.24) is 9.88 Å². The minimum absolute atomic E-state index is 0.0677. The van der Waals surface area contributed by atoms with Crippen LogP contribution in [0.2, 0.25) is 0 Å². The Bertz CT molecular complexity index is 505. The standard InChI is InChI=1S/C14H17F3N2O/c15-14(16,17)10-4-6-18-9-11(10)13(20)5-8-19-7-2-1-3-12(13)19/h4,6,9,12,20H,1-3,5,7-8H2. The molecule has 2 unspecified atom stereocenters. The van der Waals surface area contributed by atoms with Crippen LogP contribution in [0.5, 0.6) is 0 Å². The number of alkyl halides is 3. The molecule has 2 atom stereocenters. The third kappa shape index (κ3) is 2.11. The Balaban J connectivity index is 2.04. The minimum Gasteiger partial charge on any atom is -0.383 e. The van der Waals surface area contributed by atoms with E-state index in [0.717, 1.165) is 38.1 Å². The van der Waals surface area contributed by atoms with E-state index in [-0.39, 0.29) is 11.6 Å². The predicted octanol–water partition coefficient (Wildman–Crippen LogP) is 2.55. The third-order valence-corrected chi connectivity index (χ3v) is 4.54. The van der Waals surface area contributed by atoms with Gasteiger partial charge in [0.15, 0.2) is 0 Å². The quantitative estimate of drug-likeness (QED) is 0.862. The van der Waals surface area contributed by atoms with Crippen LogP contribution in [0.15, 0.2) is 18.5 Å². The molecule has 0 radical (unpaired) electrons. The number of pyridine rings is 1. The van der Waals surface area contributed by atoms with E-state index in [1.54, 1.807) is 0 Å². The highest BCUT2D eigenvalue weighted by molar-refractivity contribution is 5.34. The van der Waals surface area contributed by atoms with Gasteiger partial charge in [0.1, 0.15) is 5.60 Å². The van der Waals surface area contributed by atoms with Crippen LogP contribution in [0.25, 0.3) is 0 Å². The second-order valence-electron chi connectivity index (χ2n) is 5.64. The van der Waals surface area contributed by atoms with Gasteiger partial charge in [-0.3, -0.25) is 9.88 Å². The topological polar surface area (TPSA) is 36.4 Å². The summed E-state index contributed by atoms with van der Waals surface area (Å²) in [6.45, 7) is 1.50. The summed E-state index contributed by atoms with van der Waals surface area (Å²) in [6, 6.07) is 0.736. The highest BCUT2D eigenvalue weighted by Crippen LogP contribution is 2.45. The molecule has 0 aromatic carbocycles. The van der Waals surface area contributed by atoms with Crippen LogP contribution in [-0.4, -0.2) is 34.1 Å². The lowest BCUT2D eigenvalue weighted by molar-refractivity contribution is -0.141. The van der Waals surface area contributed by atoms with Crippen molar-refractivity contribution in [3.8, 4) is 0 Å². The molecular weight excluding hydrogens is 269 g/mol. The van der Waals surface area contributed by atoms with E-state index < -0.39 is 17.3 Å². The van der Waals surface area contributed by atoms with Gasteiger partial charge in [0, 0.05) is 30.5 Å². The molecular formula is C14H17F3N2O. The molecule has 20 heavy (non-hydrogen) atoms. The molecule has 0 amide bonds. The van der Waals surface area contributed by atoms with Crippen molar-refractivity contribution >= 4 is 0 Å². The molecule has 2 fully saturated rings. The SMILES string of the molecule is OC1(c2cnccc2C(F)(F)F)CCN2CCCCC21. The first-order valence-corrected chi connectivity index (χ1v) is 6.91. The number of fused-ring (bicyclic) bond motifs is 1. The van der Waals surface area contributed by atoms with Crippen LogP contribution in [-0.2, 0) is 11.8 Å². The van der Waals surface area contributed by atoms with Gasteiger partial charge in [0.05, 0.1) is 5.56 Å². The number of hydrogen-bond donors (Lipinski definition) is 1. The number of hydrogen-bond acceptors (Lipinski definition) is 3. The molecule has 2 saturated heterocycles. The van der Waals surface area contributed by atoms with Crippen LogP contribution in [0.3, 0.4) is 0 Å². The lowest BCUT2D eigenvalue weighted by atomic mass is 9.81. The van der Waals surface area contributed by atoms with Crippen molar-refractivity contribution in [2.45, 2.75) is 43.5 Å². The first-order chi connectivity index (χ1) is 9.43. The number of aliphatic hydroxyl groups is 1. The van der Waals surface area contributed by atoms with E-state index >= 15 is 0 Å². The molecule has 2 aliphatic rings. The molecule has 3 rings (SSSR count). The normalized spacial score (nSPS) is 31.3. The second kappa shape index (κ2) is 4.70. The van der Waals surface area contributed by atoms with E-state index in [4.69, 9.17) is 0 Å². The number of nitrogens with zero attached hydrogens (tertiary/aromatic N) is 2. The average molecular weight is 286 g/mol. The molecule has 0 spiro atoms. The monoisotopic (exact) mass is 286 g/mol. The minimum atomic E-state index is -4.46. The Morgan fingerprint density at radius 2 is 2.10 bits per heavy atom. The summed E-state index contributed by atoms with van der Waals surface area (Å²) >= 11 is 0. The Labute approximate surface area is 115 Å². The molecule has 0 bridgehead atoms. The fourth-order valence-electron chi connectivity index (χ4n) is 3.58. The first kappa shape index (κ1) is 13.8. The summed E-state index contributed by atoms with van der Waals surface area (Å²) in [5.74, 6) is 0. The molecule has 3 heterocycles. The molecule has 6 heteroatoms. The van der Waals surface area contributed by atoms with Gasteiger partial charge in [-0.25, -0.2) is 0 Å². The van der Waals surface area contributed by atoms with E-state index in [9.17, 15) is 18.3 Å². The van der Waals surface area contributed by atoms with Crippen LogP contribution in [0, 0.1) is 0 Å². The summed E-state index contributed by atoms with van der Waals surface area (Å²) in [5.41, 5.74) is -2.26. The first-order valence-electron chi connectivity index (χ1n) is 6.91. The van der Waals surface area contributed by atoms with Gasteiger partial charge in [-0.05, 0) is 31.9 Å². The second-order valence-corrected chi connectivity index (χ2v) is 5.64. The maximum absolute atomic E-state index is 13.1. The molecule has 2 aliphatic heterocycles. The Hall–Kier alpha value is -1.14. The maximum atomic E-state index is 13.1. The largest absolute Gasteiger partial charge is 0.416 e. The van der Waals surface area contributed by atoms with E-state index in [1.165, 1.54) is 6.20 Å². The Morgan fingerprint density at radius 1 is 1.30 bits per heavy atom. The van der Waals surface area contributed by atoms with Gasteiger partial charge in [-0.1, -0.05) is 6.42 Å². The number of rotatable bonds is 1. The highest BCUT2D eigenvalue weighted by atomic mass is 19.4. The van der Waals surface area contributed by atoms with E-state index in [2.05, 4.69) is 9.88 Å². The van der Waals surface area contributed by atoms with Gasteiger partial charge in [-0.2, -0.15) is 13.2 Å². The van der Waals surface area contributed by atoms with E-state index in [1.807, 2.05) is 0 Å². The van der Waals surface area contributed by atoms with Gasteiger partial charge in [0.2, 0.25) is 0 Å². The Morgan fingerprint density at radius 3 is 2.85 bits per heavy atom. The lowest BCUT2D eigenvalue weighted by Gasteiger charge is -2.38. The zero-order valence-corrected chi connectivity index (χ0v) is 11.0. The van der Waals surface area contributed by atoms with Crippen LogP contribution >= 0.6 is 0 Å². The summed E-state index contributed by atoms with van der Waals surface area (Å²) in [4.78, 5) is 5.92. The fraction of sp³-hybridized carbons (Fsp3) is 0.643. The van der Waals surface area contributed by atoms with Crippen molar-refractivity contribution in [1.29, 1.82) is 0 Å². The van der Waals surface area contributed by atoms with Crippen LogP contribution < -0.4 is 0 Å². The summed E-state index contributed by atoms with van der Waals surface area (Å²) in [6.07, 6.45) is 0.923. The molecule has 3 nitrogen and oxygen atoms in total. The van der Waals surface area contributed by atoms with Gasteiger partial charge in [0.25, 0.3) is 0 Å². The summed E-state index contributed by atoms with van der Waals surface area (Å²) in [5, 5.41) is 10.9. The van der Waals surface area contributed by atoms with Gasteiger partial charge in [-0.15, -0.1) is 0 Å². The van der Waals surface area contributed by atoms with Crippen LogP contribution in [0.4, 0.5) is 13.2 Å². The number of halogens is 3. The zero-order chi connectivity index (χ0) is 14.4. The molecule has 110 valence electrons. The highest BCUT2D eigenvalue weighted by Gasteiger charge is 2.51. The predicted molar refractivity (Wildman–Crippen MR) is 67.0 cm³/mol. The molecule has 1 N–H and O–H groups in total. The van der Waals surface area contributed by atoms with Crippen molar-refractivity contribution in [2.24, 2.45) is 0 Å². The van der Waals surface area contributed by atoms with Gasteiger partial charge < -0.3 is 5.11 Å². The fourth-order valence-corrected chi connectivity index (χ4v) is 3.58. The van der Waals surface area contributed by atoms with Crippen molar-refractivity contribution in [3.05, 3.63) is 29.6 Å². The third-order valence-electron chi connectivity index (χ3n) is 4.54. The van der Waals surface area contributed by atoms with Crippen molar-refractivity contribution in [3.63, 3.8) is 0 Å². The van der Waals surface area contributed by atoms with Gasteiger partial charge >= 0.3 is 6.18 Å². The number of piperidine rings is 1. The molecule has 1 aromatic heterocycles.